The Morgan fingerprint density at radius 1 is 1.32 bits per heavy atom. The van der Waals surface area contributed by atoms with E-state index in [2.05, 4.69) is 29.1 Å². The minimum Gasteiger partial charge on any atom is -0.468 e. The number of carbonyl (C=O) groups is 1. The molecule has 1 atom stereocenters. The molecule has 2 rings (SSSR count). The van der Waals surface area contributed by atoms with Crippen molar-refractivity contribution in [2.45, 2.75) is 25.3 Å². The van der Waals surface area contributed by atoms with Crippen molar-refractivity contribution in [3.63, 3.8) is 0 Å². The summed E-state index contributed by atoms with van der Waals surface area (Å²) in [5, 5.41) is 3.44. The molecule has 5 nitrogen and oxygen atoms in total. The van der Waals surface area contributed by atoms with E-state index in [1.54, 1.807) is 0 Å². The Balaban J connectivity index is 2.06. The van der Waals surface area contributed by atoms with Crippen LogP contribution in [-0.4, -0.2) is 74.7 Å². The number of esters is 1. The molecule has 110 valence electrons. The van der Waals surface area contributed by atoms with Crippen molar-refractivity contribution >= 4 is 5.97 Å². The van der Waals surface area contributed by atoms with Crippen molar-refractivity contribution in [3.05, 3.63) is 0 Å². The summed E-state index contributed by atoms with van der Waals surface area (Å²) < 4.78 is 5.09. The maximum Gasteiger partial charge on any atom is 0.327 e. The average Bonchev–Trinajstić information content (AvgIpc) is 3.24. The smallest absolute Gasteiger partial charge is 0.327 e. The SMILES string of the molecule is CCNC(CN1CCN(C)CC1)(C(=O)OC)C1CC1. The largest absolute Gasteiger partial charge is 0.468 e. The van der Waals surface area contributed by atoms with Crippen molar-refractivity contribution in [3.8, 4) is 0 Å². The van der Waals surface area contributed by atoms with Crippen LogP contribution in [0.3, 0.4) is 0 Å². The van der Waals surface area contributed by atoms with Crippen LogP contribution in [0.5, 0.6) is 0 Å². The molecule has 1 N–H and O–H groups in total. The number of carbonyl (C=O) groups excluding carboxylic acids is 1. The number of hydrogen-bond acceptors (Lipinski definition) is 5. The highest BCUT2D eigenvalue weighted by Gasteiger charge is 2.52. The third-order valence-electron chi connectivity index (χ3n) is 4.39. The van der Waals surface area contributed by atoms with Gasteiger partial charge in [-0.2, -0.15) is 0 Å². The minimum absolute atomic E-state index is 0.0872. The van der Waals surface area contributed by atoms with Crippen LogP contribution in [0.25, 0.3) is 0 Å². The Bertz CT molecular complexity index is 312. The van der Waals surface area contributed by atoms with Crippen LogP contribution in [0.1, 0.15) is 19.8 Å². The number of rotatable bonds is 6. The number of nitrogens with zero attached hydrogens (tertiary/aromatic N) is 2. The second-order valence-corrected chi connectivity index (χ2v) is 5.85. The molecule has 0 aromatic carbocycles. The van der Waals surface area contributed by atoms with Gasteiger partial charge >= 0.3 is 5.97 Å². The number of likely N-dealkylation sites (N-methyl/N-ethyl adjacent to an activating group) is 2. The lowest BCUT2D eigenvalue weighted by molar-refractivity contribution is -0.151. The number of ether oxygens (including phenoxy) is 1. The molecule has 1 heterocycles. The molecule has 2 fully saturated rings. The fourth-order valence-electron chi connectivity index (χ4n) is 3.07. The molecule has 0 aromatic heterocycles. The number of hydrogen-bond donors (Lipinski definition) is 1. The molecule has 1 unspecified atom stereocenters. The molecule has 0 radical (unpaired) electrons. The number of methoxy groups -OCH3 is 1. The third-order valence-corrected chi connectivity index (χ3v) is 4.39. The first-order chi connectivity index (χ1) is 9.12. The first-order valence-corrected chi connectivity index (χ1v) is 7.36. The van der Waals surface area contributed by atoms with E-state index >= 15 is 0 Å². The van der Waals surface area contributed by atoms with Crippen molar-refractivity contribution in [1.82, 2.24) is 15.1 Å². The quantitative estimate of drug-likeness (QED) is 0.696. The van der Waals surface area contributed by atoms with Crippen LogP contribution in [0.2, 0.25) is 0 Å². The van der Waals surface area contributed by atoms with E-state index in [1.807, 2.05) is 0 Å². The van der Waals surface area contributed by atoms with Gasteiger partial charge < -0.3 is 15.0 Å². The highest BCUT2D eigenvalue weighted by molar-refractivity contribution is 5.82. The predicted molar refractivity (Wildman–Crippen MR) is 75.1 cm³/mol. The van der Waals surface area contributed by atoms with E-state index in [-0.39, 0.29) is 5.97 Å². The summed E-state index contributed by atoms with van der Waals surface area (Å²) in [6.07, 6.45) is 2.27. The Labute approximate surface area is 116 Å². The zero-order chi connectivity index (χ0) is 13.9. The van der Waals surface area contributed by atoms with Gasteiger partial charge in [-0.1, -0.05) is 6.92 Å². The Morgan fingerprint density at radius 3 is 2.42 bits per heavy atom. The van der Waals surface area contributed by atoms with Gasteiger partial charge in [0.25, 0.3) is 0 Å². The Kier molecular flexibility index (Phi) is 4.81. The molecule has 1 saturated carbocycles. The van der Waals surface area contributed by atoms with Crippen LogP contribution in [0, 0.1) is 5.92 Å². The van der Waals surface area contributed by atoms with Gasteiger partial charge in [0.2, 0.25) is 0 Å². The van der Waals surface area contributed by atoms with Crippen LogP contribution < -0.4 is 5.32 Å². The molecule has 1 saturated heterocycles. The summed E-state index contributed by atoms with van der Waals surface area (Å²) in [5.41, 5.74) is -0.487. The van der Waals surface area contributed by atoms with Crippen molar-refractivity contribution in [2.24, 2.45) is 5.92 Å². The maximum atomic E-state index is 12.3. The zero-order valence-electron chi connectivity index (χ0n) is 12.4. The summed E-state index contributed by atoms with van der Waals surface area (Å²) in [5.74, 6) is 0.357. The lowest BCUT2D eigenvalue weighted by Crippen LogP contribution is -2.63. The molecule has 0 aromatic rings. The molecule has 0 bridgehead atoms. The molecule has 2 aliphatic rings. The van der Waals surface area contributed by atoms with E-state index in [0.717, 1.165) is 52.1 Å². The number of nitrogens with one attached hydrogen (secondary N) is 1. The Hall–Kier alpha value is -0.650. The summed E-state index contributed by atoms with van der Waals surface area (Å²) in [6, 6.07) is 0. The van der Waals surface area contributed by atoms with Crippen LogP contribution in [0.4, 0.5) is 0 Å². The maximum absolute atomic E-state index is 12.3. The normalized spacial score (nSPS) is 25.0. The molecule has 19 heavy (non-hydrogen) atoms. The predicted octanol–water partition coefficient (Wildman–Crippen LogP) is 0.165. The molecule has 1 aliphatic carbocycles. The van der Waals surface area contributed by atoms with Crippen molar-refractivity contribution in [2.75, 3.05) is 53.4 Å². The van der Waals surface area contributed by atoms with Gasteiger partial charge in [0.1, 0.15) is 5.54 Å². The molecule has 5 heteroatoms. The Morgan fingerprint density at radius 2 is 1.95 bits per heavy atom. The second-order valence-electron chi connectivity index (χ2n) is 5.85. The summed E-state index contributed by atoms with van der Waals surface area (Å²) in [6.45, 7) is 7.87. The monoisotopic (exact) mass is 269 g/mol. The minimum atomic E-state index is -0.487. The van der Waals surface area contributed by atoms with Gasteiger partial charge in [0.05, 0.1) is 7.11 Å². The standard InChI is InChI=1S/C14H27N3O2/c1-4-15-14(12-5-6-12,13(18)19-3)11-17-9-7-16(2)8-10-17/h12,15H,4-11H2,1-3H3. The van der Waals surface area contributed by atoms with E-state index < -0.39 is 5.54 Å². The van der Waals surface area contributed by atoms with Gasteiger partial charge in [0, 0.05) is 32.7 Å². The van der Waals surface area contributed by atoms with E-state index in [9.17, 15) is 4.79 Å². The van der Waals surface area contributed by atoms with Gasteiger partial charge in [0.15, 0.2) is 0 Å². The molecular formula is C14H27N3O2. The zero-order valence-corrected chi connectivity index (χ0v) is 12.4. The topological polar surface area (TPSA) is 44.8 Å². The lowest BCUT2D eigenvalue weighted by atomic mass is 9.91. The molecule has 0 amide bonds. The van der Waals surface area contributed by atoms with Gasteiger partial charge in [-0.25, -0.2) is 4.79 Å². The molecule has 1 aliphatic heterocycles. The van der Waals surface area contributed by atoms with Crippen molar-refractivity contribution in [1.29, 1.82) is 0 Å². The summed E-state index contributed by atoms with van der Waals surface area (Å²) in [7, 11) is 3.65. The molecular weight excluding hydrogens is 242 g/mol. The van der Waals surface area contributed by atoms with E-state index in [1.165, 1.54) is 7.11 Å². The second kappa shape index (κ2) is 6.20. The van der Waals surface area contributed by atoms with Gasteiger partial charge in [-0.15, -0.1) is 0 Å². The van der Waals surface area contributed by atoms with Gasteiger partial charge in [-0.3, -0.25) is 4.90 Å². The first-order valence-electron chi connectivity index (χ1n) is 7.36. The fourth-order valence-corrected chi connectivity index (χ4v) is 3.07. The summed E-state index contributed by atoms with van der Waals surface area (Å²) >= 11 is 0. The fraction of sp³-hybridized carbons (Fsp3) is 0.929. The first kappa shape index (κ1) is 14.8. The van der Waals surface area contributed by atoms with Crippen molar-refractivity contribution < 1.29 is 9.53 Å². The highest BCUT2D eigenvalue weighted by Crippen LogP contribution is 2.41. The molecule has 0 spiro atoms. The van der Waals surface area contributed by atoms with Gasteiger partial charge in [-0.05, 0) is 32.4 Å². The van der Waals surface area contributed by atoms with Crippen LogP contribution in [-0.2, 0) is 9.53 Å². The lowest BCUT2D eigenvalue weighted by Gasteiger charge is -2.40. The van der Waals surface area contributed by atoms with Crippen LogP contribution >= 0.6 is 0 Å². The van der Waals surface area contributed by atoms with E-state index in [4.69, 9.17) is 4.74 Å². The van der Waals surface area contributed by atoms with E-state index in [0.29, 0.717) is 5.92 Å². The average molecular weight is 269 g/mol. The number of piperazine rings is 1. The van der Waals surface area contributed by atoms with Crippen LogP contribution in [0.15, 0.2) is 0 Å². The summed E-state index contributed by atoms with van der Waals surface area (Å²) in [4.78, 5) is 17.1. The highest BCUT2D eigenvalue weighted by atomic mass is 16.5. The third kappa shape index (κ3) is 3.27.